The molecule has 0 aliphatic heterocycles. The number of hydrogen-bond donors (Lipinski definition) is 1. The summed E-state index contributed by atoms with van der Waals surface area (Å²) in [4.78, 5) is 3.46. The Hall–Kier alpha value is -0.900. The minimum Gasteiger partial charge on any atom is -0.397 e. The van der Waals surface area contributed by atoms with Gasteiger partial charge < -0.3 is 5.73 Å². The fourth-order valence-corrected chi connectivity index (χ4v) is 0.946. The third-order valence-corrected chi connectivity index (χ3v) is 1.80. The number of anilines is 1. The molecule has 0 aliphatic carbocycles. The van der Waals surface area contributed by atoms with Gasteiger partial charge in [0.1, 0.15) is 10.8 Å². The first kappa shape index (κ1) is 9.19. The van der Waals surface area contributed by atoms with Crippen molar-refractivity contribution in [2.75, 3.05) is 5.73 Å². The predicted molar refractivity (Wildman–Crippen MR) is 43.4 cm³/mol. The lowest BCUT2D eigenvalue weighted by molar-refractivity contribution is 0.147. The van der Waals surface area contributed by atoms with Crippen LogP contribution in [0.15, 0.2) is 6.07 Å². The summed E-state index contributed by atoms with van der Waals surface area (Å²) in [6.45, 7) is 1.65. The number of nitrogens with zero attached hydrogens (tertiary/aromatic N) is 1. The smallest absolute Gasteiger partial charge is 0.282 e. The zero-order valence-corrected chi connectivity index (χ0v) is 7.07. The highest BCUT2D eigenvalue weighted by Crippen LogP contribution is 2.26. The van der Waals surface area contributed by atoms with Gasteiger partial charge in [0.05, 0.1) is 5.69 Å². The molecule has 1 heterocycles. The van der Waals surface area contributed by atoms with Crippen LogP contribution in [-0.2, 0) is 0 Å². The van der Waals surface area contributed by atoms with E-state index < -0.39 is 12.1 Å². The Bertz CT molecular complexity index is 302. The number of alkyl halides is 2. The van der Waals surface area contributed by atoms with Crippen molar-refractivity contribution < 1.29 is 8.78 Å². The Balaban J connectivity index is 3.23. The summed E-state index contributed by atoms with van der Waals surface area (Å²) in [6.07, 6.45) is -2.68. The van der Waals surface area contributed by atoms with Crippen molar-refractivity contribution in [3.63, 3.8) is 0 Å². The molecule has 1 rings (SSSR count). The van der Waals surface area contributed by atoms with Crippen molar-refractivity contribution in [3.05, 3.63) is 22.5 Å². The molecule has 1 aromatic rings. The Morgan fingerprint density at radius 1 is 1.58 bits per heavy atom. The molecular weight excluding hydrogens is 186 g/mol. The molecule has 0 aromatic carbocycles. The molecule has 2 N–H and O–H groups in total. The summed E-state index contributed by atoms with van der Waals surface area (Å²) in [5.74, 6) is 0. The highest BCUT2D eigenvalue weighted by atomic mass is 35.5. The number of aryl methyl sites for hydroxylation is 1. The third kappa shape index (κ3) is 1.64. The van der Waals surface area contributed by atoms with E-state index in [0.29, 0.717) is 5.56 Å². The summed E-state index contributed by atoms with van der Waals surface area (Å²) in [5, 5.41) is 0.0690. The van der Waals surface area contributed by atoms with Gasteiger partial charge in [-0.3, -0.25) is 0 Å². The van der Waals surface area contributed by atoms with Crippen LogP contribution in [0.2, 0.25) is 5.15 Å². The Labute approximate surface area is 73.4 Å². The predicted octanol–water partition coefficient (Wildman–Crippen LogP) is 2.56. The van der Waals surface area contributed by atoms with Crippen LogP contribution < -0.4 is 5.73 Å². The van der Waals surface area contributed by atoms with E-state index in [-0.39, 0.29) is 10.8 Å². The zero-order valence-electron chi connectivity index (χ0n) is 6.31. The molecule has 0 radical (unpaired) electrons. The first-order valence-corrected chi connectivity index (χ1v) is 3.61. The molecule has 66 valence electrons. The maximum atomic E-state index is 12.1. The molecule has 0 atom stereocenters. The standard InChI is InChI=1S/C7H7ClF2N2/c1-3-2-4(11)5(7(9)10)12-6(3)8/h2,7H,11H2,1H3. The number of nitrogens with two attached hydrogens (primary N) is 1. The minimum absolute atomic E-state index is 0.0214. The SMILES string of the molecule is Cc1cc(N)c(C(F)F)nc1Cl. The number of rotatable bonds is 1. The van der Waals surface area contributed by atoms with Crippen LogP contribution in [0.5, 0.6) is 0 Å². The molecule has 0 bridgehead atoms. The number of aromatic nitrogens is 1. The van der Waals surface area contributed by atoms with Gasteiger partial charge in [0.25, 0.3) is 6.43 Å². The quantitative estimate of drug-likeness (QED) is 0.695. The van der Waals surface area contributed by atoms with E-state index in [0.717, 1.165) is 0 Å². The molecule has 0 aliphatic rings. The largest absolute Gasteiger partial charge is 0.397 e. The van der Waals surface area contributed by atoms with Crippen molar-refractivity contribution in [2.24, 2.45) is 0 Å². The second-order valence-corrected chi connectivity index (χ2v) is 2.73. The van der Waals surface area contributed by atoms with E-state index >= 15 is 0 Å². The Morgan fingerprint density at radius 3 is 2.67 bits per heavy atom. The molecule has 0 fully saturated rings. The van der Waals surface area contributed by atoms with Crippen LogP contribution >= 0.6 is 11.6 Å². The van der Waals surface area contributed by atoms with E-state index in [9.17, 15) is 8.78 Å². The molecule has 0 saturated carbocycles. The first-order valence-electron chi connectivity index (χ1n) is 3.23. The van der Waals surface area contributed by atoms with E-state index in [1.807, 2.05) is 0 Å². The van der Waals surface area contributed by atoms with Gasteiger partial charge in [0.2, 0.25) is 0 Å². The first-order chi connectivity index (χ1) is 5.52. The molecule has 0 unspecified atom stereocenters. The highest BCUT2D eigenvalue weighted by Gasteiger charge is 2.14. The second-order valence-electron chi connectivity index (χ2n) is 2.37. The van der Waals surface area contributed by atoms with Crippen molar-refractivity contribution >= 4 is 17.3 Å². The summed E-state index contributed by atoms with van der Waals surface area (Å²) >= 11 is 5.53. The molecule has 1 aromatic heterocycles. The Morgan fingerprint density at radius 2 is 2.17 bits per heavy atom. The van der Waals surface area contributed by atoms with E-state index in [1.54, 1.807) is 6.92 Å². The van der Waals surface area contributed by atoms with E-state index in [4.69, 9.17) is 17.3 Å². The number of nitrogen functional groups attached to an aromatic ring is 1. The van der Waals surface area contributed by atoms with Gasteiger partial charge in [-0.2, -0.15) is 0 Å². The maximum absolute atomic E-state index is 12.1. The number of halogens is 3. The van der Waals surface area contributed by atoms with Gasteiger partial charge in [0, 0.05) is 0 Å². The van der Waals surface area contributed by atoms with Crippen LogP contribution in [-0.4, -0.2) is 4.98 Å². The normalized spacial score (nSPS) is 10.8. The van der Waals surface area contributed by atoms with Crippen molar-refractivity contribution in [3.8, 4) is 0 Å². The molecule has 0 spiro atoms. The molecule has 2 nitrogen and oxygen atoms in total. The molecule has 0 amide bonds. The van der Waals surface area contributed by atoms with Crippen molar-refractivity contribution in [1.29, 1.82) is 0 Å². The lowest BCUT2D eigenvalue weighted by Crippen LogP contribution is -1.99. The van der Waals surface area contributed by atoms with Crippen LogP contribution in [0, 0.1) is 6.92 Å². The van der Waals surface area contributed by atoms with Gasteiger partial charge in [-0.1, -0.05) is 11.6 Å². The number of pyridine rings is 1. The van der Waals surface area contributed by atoms with Crippen LogP contribution in [0.3, 0.4) is 0 Å². The monoisotopic (exact) mass is 192 g/mol. The molecule has 12 heavy (non-hydrogen) atoms. The second kappa shape index (κ2) is 3.23. The lowest BCUT2D eigenvalue weighted by atomic mass is 10.2. The maximum Gasteiger partial charge on any atom is 0.282 e. The zero-order chi connectivity index (χ0) is 9.30. The summed E-state index contributed by atoms with van der Waals surface area (Å²) in [7, 11) is 0. The molecular formula is C7H7ClF2N2. The van der Waals surface area contributed by atoms with Gasteiger partial charge in [0.15, 0.2) is 0 Å². The van der Waals surface area contributed by atoms with E-state index in [1.165, 1.54) is 6.07 Å². The summed E-state index contributed by atoms with van der Waals surface area (Å²) in [5.41, 5.74) is 5.41. The Kier molecular flexibility index (Phi) is 2.47. The molecule has 5 heteroatoms. The van der Waals surface area contributed by atoms with Crippen LogP contribution in [0.1, 0.15) is 17.7 Å². The average Bonchev–Trinajstić information content (AvgIpc) is 1.96. The topological polar surface area (TPSA) is 38.9 Å². The summed E-state index contributed by atoms with van der Waals surface area (Å²) in [6, 6.07) is 1.39. The minimum atomic E-state index is -2.68. The van der Waals surface area contributed by atoms with Crippen LogP contribution in [0.25, 0.3) is 0 Å². The van der Waals surface area contributed by atoms with Crippen molar-refractivity contribution in [2.45, 2.75) is 13.3 Å². The summed E-state index contributed by atoms with van der Waals surface area (Å²) < 4.78 is 24.3. The fourth-order valence-electron chi connectivity index (χ4n) is 0.800. The fraction of sp³-hybridized carbons (Fsp3) is 0.286. The van der Waals surface area contributed by atoms with E-state index in [2.05, 4.69) is 4.98 Å². The van der Waals surface area contributed by atoms with Gasteiger partial charge in [-0.25, -0.2) is 13.8 Å². The third-order valence-electron chi connectivity index (χ3n) is 1.42. The van der Waals surface area contributed by atoms with Crippen molar-refractivity contribution in [1.82, 2.24) is 4.98 Å². The molecule has 0 saturated heterocycles. The van der Waals surface area contributed by atoms with Gasteiger partial charge in [-0.05, 0) is 18.6 Å². The number of hydrogen-bond acceptors (Lipinski definition) is 2. The van der Waals surface area contributed by atoms with Gasteiger partial charge >= 0.3 is 0 Å². The highest BCUT2D eigenvalue weighted by molar-refractivity contribution is 6.30. The average molecular weight is 193 g/mol. The van der Waals surface area contributed by atoms with Crippen LogP contribution in [0.4, 0.5) is 14.5 Å². The lowest BCUT2D eigenvalue weighted by Gasteiger charge is -2.05. The van der Waals surface area contributed by atoms with Gasteiger partial charge in [-0.15, -0.1) is 0 Å².